The van der Waals surface area contributed by atoms with E-state index in [4.69, 9.17) is 0 Å². The second kappa shape index (κ2) is 7.80. The van der Waals surface area contributed by atoms with E-state index in [0.717, 1.165) is 13.0 Å². The highest BCUT2D eigenvalue weighted by atomic mass is 15.0. The Morgan fingerprint density at radius 1 is 1.15 bits per heavy atom. The average molecular weight is 274 g/mol. The first-order chi connectivity index (χ1) is 9.70. The van der Waals surface area contributed by atoms with E-state index in [1.54, 1.807) is 0 Å². The molecule has 2 N–H and O–H groups in total. The van der Waals surface area contributed by atoms with Crippen LogP contribution in [-0.2, 0) is 6.42 Å². The Bertz CT molecular complexity index is 375. The van der Waals surface area contributed by atoms with Gasteiger partial charge in [0.25, 0.3) is 0 Å². The monoisotopic (exact) mass is 274 g/mol. The van der Waals surface area contributed by atoms with Crippen molar-refractivity contribution in [2.45, 2.75) is 58.5 Å². The highest BCUT2D eigenvalue weighted by Gasteiger charge is 2.20. The lowest BCUT2D eigenvalue weighted by molar-refractivity contribution is 0.341. The fourth-order valence-electron chi connectivity index (χ4n) is 3.07. The number of hydrogen-bond donors (Lipinski definition) is 2. The summed E-state index contributed by atoms with van der Waals surface area (Å²) in [7, 11) is 0. The van der Waals surface area contributed by atoms with E-state index in [-0.39, 0.29) is 0 Å². The van der Waals surface area contributed by atoms with Crippen LogP contribution < -0.4 is 10.6 Å². The highest BCUT2D eigenvalue weighted by Crippen LogP contribution is 2.24. The van der Waals surface area contributed by atoms with Crippen molar-refractivity contribution in [1.82, 2.24) is 10.6 Å². The Labute approximate surface area is 124 Å². The van der Waals surface area contributed by atoms with E-state index >= 15 is 0 Å². The van der Waals surface area contributed by atoms with Crippen molar-refractivity contribution in [2.75, 3.05) is 13.1 Å². The Hall–Kier alpha value is -0.860. The maximum Gasteiger partial charge on any atom is 0.0345 e. The number of hydrogen-bond acceptors (Lipinski definition) is 2. The van der Waals surface area contributed by atoms with Crippen LogP contribution in [0.25, 0.3) is 0 Å². The van der Waals surface area contributed by atoms with Crippen molar-refractivity contribution in [3.8, 4) is 0 Å². The highest BCUT2D eigenvalue weighted by molar-refractivity contribution is 5.25. The lowest BCUT2D eigenvalue weighted by atomic mass is 9.93. The smallest absolute Gasteiger partial charge is 0.0345 e. The van der Waals surface area contributed by atoms with Gasteiger partial charge < -0.3 is 10.6 Å². The van der Waals surface area contributed by atoms with Gasteiger partial charge in [0.15, 0.2) is 0 Å². The van der Waals surface area contributed by atoms with E-state index < -0.39 is 0 Å². The van der Waals surface area contributed by atoms with Crippen LogP contribution in [0.2, 0.25) is 0 Å². The molecule has 1 fully saturated rings. The molecule has 0 aliphatic carbocycles. The molecule has 20 heavy (non-hydrogen) atoms. The van der Waals surface area contributed by atoms with Gasteiger partial charge in [-0.2, -0.15) is 0 Å². The zero-order chi connectivity index (χ0) is 14.4. The number of nitrogens with one attached hydrogen (secondary N) is 2. The molecule has 0 bridgehead atoms. The van der Waals surface area contributed by atoms with E-state index in [0.29, 0.717) is 18.0 Å². The third-order valence-electron chi connectivity index (χ3n) is 4.40. The topological polar surface area (TPSA) is 24.1 Å². The number of benzene rings is 1. The van der Waals surface area contributed by atoms with E-state index in [1.165, 1.54) is 36.9 Å². The molecular weight excluding hydrogens is 244 g/mol. The first-order valence-electron chi connectivity index (χ1n) is 8.26. The number of rotatable bonds is 5. The van der Waals surface area contributed by atoms with Crippen LogP contribution in [0.1, 0.15) is 57.2 Å². The van der Waals surface area contributed by atoms with Gasteiger partial charge in [0.2, 0.25) is 0 Å². The quantitative estimate of drug-likeness (QED) is 0.856. The van der Waals surface area contributed by atoms with Crippen molar-refractivity contribution in [2.24, 2.45) is 5.92 Å². The van der Waals surface area contributed by atoms with Gasteiger partial charge in [-0.1, -0.05) is 45.0 Å². The fourth-order valence-corrected chi connectivity index (χ4v) is 3.07. The summed E-state index contributed by atoms with van der Waals surface area (Å²) in [5.74, 6) is 0.624. The minimum Gasteiger partial charge on any atom is -0.317 e. The van der Waals surface area contributed by atoms with Gasteiger partial charge in [-0.05, 0) is 55.8 Å². The van der Waals surface area contributed by atoms with Crippen LogP contribution in [0.5, 0.6) is 0 Å². The van der Waals surface area contributed by atoms with E-state index in [1.807, 2.05) is 0 Å². The third kappa shape index (κ3) is 4.32. The lowest BCUT2D eigenvalue weighted by Crippen LogP contribution is -2.36. The molecule has 0 aromatic heterocycles. The first-order valence-corrected chi connectivity index (χ1v) is 8.26. The molecule has 1 aliphatic heterocycles. The SMILES string of the molecule is CCc1ccc(C(NC2CCCNCC2)C(C)C)cc1. The van der Waals surface area contributed by atoms with Crippen LogP contribution in [0.3, 0.4) is 0 Å². The van der Waals surface area contributed by atoms with Gasteiger partial charge in [0.1, 0.15) is 0 Å². The molecule has 2 heteroatoms. The van der Waals surface area contributed by atoms with E-state index in [9.17, 15) is 0 Å². The molecule has 112 valence electrons. The molecule has 1 heterocycles. The summed E-state index contributed by atoms with van der Waals surface area (Å²) in [6.07, 6.45) is 4.95. The van der Waals surface area contributed by atoms with Gasteiger partial charge in [0, 0.05) is 12.1 Å². The molecule has 1 aromatic carbocycles. The van der Waals surface area contributed by atoms with Crippen LogP contribution in [0, 0.1) is 5.92 Å². The lowest BCUT2D eigenvalue weighted by Gasteiger charge is -2.28. The zero-order valence-corrected chi connectivity index (χ0v) is 13.3. The first kappa shape index (κ1) is 15.5. The van der Waals surface area contributed by atoms with Gasteiger partial charge in [-0.25, -0.2) is 0 Å². The second-order valence-electron chi connectivity index (χ2n) is 6.36. The molecule has 0 saturated carbocycles. The molecule has 2 atom stereocenters. The molecule has 2 rings (SSSR count). The molecule has 2 unspecified atom stereocenters. The largest absolute Gasteiger partial charge is 0.317 e. The normalized spacial score (nSPS) is 21.7. The Morgan fingerprint density at radius 2 is 1.90 bits per heavy atom. The average Bonchev–Trinajstić information content (AvgIpc) is 2.73. The minimum atomic E-state index is 0.476. The van der Waals surface area contributed by atoms with Crippen LogP contribution in [-0.4, -0.2) is 19.1 Å². The summed E-state index contributed by atoms with van der Waals surface area (Å²) in [5.41, 5.74) is 2.87. The summed E-state index contributed by atoms with van der Waals surface area (Å²) in [6.45, 7) is 9.18. The molecular formula is C18H30N2. The van der Waals surface area contributed by atoms with Crippen molar-refractivity contribution in [3.63, 3.8) is 0 Å². The molecule has 1 saturated heterocycles. The van der Waals surface area contributed by atoms with Gasteiger partial charge >= 0.3 is 0 Å². The standard InChI is InChI=1S/C18H30N2/c1-4-15-7-9-16(10-8-15)18(14(2)3)20-17-6-5-12-19-13-11-17/h7-10,14,17-20H,4-6,11-13H2,1-3H3. The van der Waals surface area contributed by atoms with Crippen LogP contribution >= 0.6 is 0 Å². The number of aryl methyl sites for hydroxylation is 1. The molecule has 1 aromatic rings. The molecule has 1 aliphatic rings. The molecule has 0 spiro atoms. The van der Waals surface area contributed by atoms with Crippen LogP contribution in [0.15, 0.2) is 24.3 Å². The summed E-state index contributed by atoms with van der Waals surface area (Å²) < 4.78 is 0. The van der Waals surface area contributed by atoms with Crippen LogP contribution in [0.4, 0.5) is 0 Å². The predicted octanol–water partition coefficient (Wildman–Crippen LogP) is 3.68. The molecule has 0 amide bonds. The summed E-state index contributed by atoms with van der Waals surface area (Å²) in [5, 5.41) is 7.40. The molecule has 0 radical (unpaired) electrons. The Kier molecular flexibility index (Phi) is 6.06. The van der Waals surface area contributed by atoms with Crippen molar-refractivity contribution in [3.05, 3.63) is 35.4 Å². The van der Waals surface area contributed by atoms with Gasteiger partial charge in [-0.15, -0.1) is 0 Å². The Balaban J connectivity index is 2.05. The van der Waals surface area contributed by atoms with Crippen molar-refractivity contribution in [1.29, 1.82) is 0 Å². The fraction of sp³-hybridized carbons (Fsp3) is 0.667. The maximum absolute atomic E-state index is 3.91. The van der Waals surface area contributed by atoms with Gasteiger partial charge in [0.05, 0.1) is 0 Å². The van der Waals surface area contributed by atoms with E-state index in [2.05, 4.69) is 55.7 Å². The Morgan fingerprint density at radius 3 is 2.55 bits per heavy atom. The summed E-state index contributed by atoms with van der Waals surface area (Å²) in [6, 6.07) is 10.3. The second-order valence-corrected chi connectivity index (χ2v) is 6.36. The van der Waals surface area contributed by atoms with Gasteiger partial charge in [-0.3, -0.25) is 0 Å². The zero-order valence-electron chi connectivity index (χ0n) is 13.3. The summed E-state index contributed by atoms with van der Waals surface area (Å²) in [4.78, 5) is 0. The van der Waals surface area contributed by atoms with Crippen molar-refractivity contribution >= 4 is 0 Å². The third-order valence-corrected chi connectivity index (χ3v) is 4.40. The van der Waals surface area contributed by atoms with Crippen molar-refractivity contribution < 1.29 is 0 Å². The minimum absolute atomic E-state index is 0.476. The predicted molar refractivity (Wildman–Crippen MR) is 87.0 cm³/mol. The summed E-state index contributed by atoms with van der Waals surface area (Å²) >= 11 is 0. The molecule has 2 nitrogen and oxygen atoms in total. The maximum atomic E-state index is 3.91.